The quantitative estimate of drug-likeness (QED) is 0.466. The lowest BCUT2D eigenvalue weighted by Gasteiger charge is -2.49. The molecule has 2 nitrogen and oxygen atoms in total. The van der Waals surface area contributed by atoms with Gasteiger partial charge in [0.1, 0.15) is 6.07 Å². The molecule has 0 saturated heterocycles. The van der Waals surface area contributed by atoms with Gasteiger partial charge in [-0.2, -0.15) is 5.26 Å². The second-order valence-electron chi connectivity index (χ2n) is 7.68. The Bertz CT molecular complexity index is 428. The Labute approximate surface area is 132 Å². The van der Waals surface area contributed by atoms with Crippen LogP contribution in [0.1, 0.15) is 47.5 Å². The predicted molar refractivity (Wildman–Crippen MR) is 91.7 cm³/mol. The lowest BCUT2D eigenvalue weighted by atomic mass is 9.69. The van der Waals surface area contributed by atoms with E-state index in [-0.39, 0.29) is 10.5 Å². The van der Waals surface area contributed by atoms with Crippen molar-refractivity contribution in [2.45, 2.75) is 71.2 Å². The van der Waals surface area contributed by atoms with Crippen LogP contribution in [0.25, 0.3) is 0 Å². The molecular weight excluding hydrogens is 365 g/mol. The summed E-state index contributed by atoms with van der Waals surface area (Å²) in [6.45, 7) is 15.4. The molecule has 0 amide bonds. The summed E-state index contributed by atoms with van der Waals surface area (Å²) in [6.07, 6.45) is 4.12. The van der Waals surface area contributed by atoms with Gasteiger partial charge < -0.3 is 4.43 Å². The molecule has 0 radical (unpaired) electrons. The number of hydrogen-bond donors (Lipinski definition) is 0. The summed E-state index contributed by atoms with van der Waals surface area (Å²) >= 11 is 2.34. The van der Waals surface area contributed by atoms with Crippen LogP contribution in [0.3, 0.4) is 0 Å². The molecule has 108 valence electrons. The second-order valence-corrected chi connectivity index (χ2v) is 13.8. The van der Waals surface area contributed by atoms with Crippen molar-refractivity contribution >= 4 is 30.9 Å². The maximum Gasteiger partial charge on any atom is 0.194 e. The molecule has 0 fully saturated rings. The van der Waals surface area contributed by atoms with Crippen molar-refractivity contribution in [2.75, 3.05) is 0 Å². The van der Waals surface area contributed by atoms with Crippen LogP contribution in [0.2, 0.25) is 18.1 Å². The number of nitrogens with zero attached hydrogens (tertiary/aromatic N) is 1. The van der Waals surface area contributed by atoms with Gasteiger partial charge in [0.25, 0.3) is 0 Å². The van der Waals surface area contributed by atoms with E-state index in [0.29, 0.717) is 0 Å². The highest BCUT2D eigenvalue weighted by Crippen LogP contribution is 2.50. The van der Waals surface area contributed by atoms with E-state index in [9.17, 15) is 5.26 Å². The fraction of sp³-hybridized carbons (Fsp3) is 0.800. The Kier molecular flexibility index (Phi) is 4.67. The number of hydrogen-bond acceptors (Lipinski definition) is 2. The number of halogens is 1. The first-order valence-corrected chi connectivity index (χ1v) is 10.8. The average Bonchev–Trinajstić information content (AvgIpc) is 2.22. The normalized spacial score (nSPS) is 27.6. The van der Waals surface area contributed by atoms with Crippen LogP contribution < -0.4 is 0 Å². The Morgan fingerprint density at radius 2 is 1.89 bits per heavy atom. The Morgan fingerprint density at radius 1 is 1.37 bits per heavy atom. The summed E-state index contributed by atoms with van der Waals surface area (Å²) in [5.74, 6) is 0. The summed E-state index contributed by atoms with van der Waals surface area (Å²) in [5, 5.41) is 9.94. The van der Waals surface area contributed by atoms with Gasteiger partial charge in [0.2, 0.25) is 0 Å². The molecule has 0 aromatic carbocycles. The van der Waals surface area contributed by atoms with Crippen LogP contribution >= 0.6 is 22.6 Å². The third kappa shape index (κ3) is 3.25. The molecule has 19 heavy (non-hydrogen) atoms. The van der Waals surface area contributed by atoms with Gasteiger partial charge in [0, 0.05) is 5.41 Å². The first-order chi connectivity index (χ1) is 8.37. The first kappa shape index (κ1) is 17.2. The van der Waals surface area contributed by atoms with Gasteiger partial charge in [0.15, 0.2) is 13.9 Å². The number of rotatable bonds is 2. The molecule has 0 aliphatic heterocycles. The van der Waals surface area contributed by atoms with Crippen LogP contribution in [0.5, 0.6) is 0 Å². The predicted octanol–water partition coefficient (Wildman–Crippen LogP) is 5.41. The average molecular weight is 391 g/mol. The molecule has 1 atom stereocenters. The van der Waals surface area contributed by atoms with Crippen LogP contribution in [0.4, 0.5) is 0 Å². The molecule has 4 heteroatoms. The van der Waals surface area contributed by atoms with Gasteiger partial charge in [-0.1, -0.05) is 34.6 Å². The summed E-state index contributed by atoms with van der Waals surface area (Å²) in [6, 6.07) is 2.50. The highest BCUT2D eigenvalue weighted by Gasteiger charge is 2.52. The molecule has 1 rings (SSSR count). The van der Waals surface area contributed by atoms with Crippen molar-refractivity contribution in [3.05, 3.63) is 9.66 Å². The third-order valence-corrected chi connectivity index (χ3v) is 10.0. The number of nitriles is 1. The van der Waals surface area contributed by atoms with E-state index >= 15 is 0 Å². The molecule has 0 aromatic rings. The minimum absolute atomic E-state index is 0.115. The maximum absolute atomic E-state index is 9.82. The van der Waals surface area contributed by atoms with Crippen LogP contribution in [0.15, 0.2) is 9.66 Å². The molecule has 0 saturated carbocycles. The molecule has 0 spiro atoms. The summed E-state index contributed by atoms with van der Waals surface area (Å²) in [5.41, 5.74) is -0.906. The van der Waals surface area contributed by atoms with Crippen molar-refractivity contribution < 1.29 is 4.43 Å². The maximum atomic E-state index is 9.82. The minimum atomic E-state index is -1.97. The van der Waals surface area contributed by atoms with E-state index in [4.69, 9.17) is 4.43 Å². The topological polar surface area (TPSA) is 33.0 Å². The second kappa shape index (κ2) is 5.16. The molecule has 0 N–H and O–H groups in total. The van der Waals surface area contributed by atoms with Gasteiger partial charge in [-0.3, -0.25) is 0 Å². The van der Waals surface area contributed by atoms with Gasteiger partial charge in [-0.25, -0.2) is 0 Å². The van der Waals surface area contributed by atoms with Crippen LogP contribution in [0, 0.1) is 16.7 Å². The van der Waals surface area contributed by atoms with E-state index in [0.717, 1.165) is 12.8 Å². The molecular formula is C15H26INOSi. The van der Waals surface area contributed by atoms with Gasteiger partial charge >= 0.3 is 0 Å². The van der Waals surface area contributed by atoms with Crippen molar-refractivity contribution in [1.82, 2.24) is 0 Å². The van der Waals surface area contributed by atoms with Crippen molar-refractivity contribution in [3.8, 4) is 6.07 Å². The number of allylic oxidation sites excluding steroid dienone is 1. The van der Waals surface area contributed by atoms with Crippen molar-refractivity contribution in [3.63, 3.8) is 0 Å². The lowest BCUT2D eigenvalue weighted by molar-refractivity contribution is 0.0244. The fourth-order valence-electron chi connectivity index (χ4n) is 2.04. The van der Waals surface area contributed by atoms with Gasteiger partial charge in [0.05, 0.1) is 0 Å². The summed E-state index contributed by atoms with van der Waals surface area (Å²) < 4.78 is 7.81. The van der Waals surface area contributed by atoms with Gasteiger partial charge in [-0.15, -0.1) is 0 Å². The molecule has 1 unspecified atom stereocenters. The molecule has 1 aliphatic rings. The first-order valence-electron chi connectivity index (χ1n) is 6.86. The van der Waals surface area contributed by atoms with E-state index < -0.39 is 13.9 Å². The third-order valence-electron chi connectivity index (χ3n) is 4.74. The van der Waals surface area contributed by atoms with Crippen LogP contribution in [-0.2, 0) is 4.43 Å². The zero-order chi connectivity index (χ0) is 15.1. The highest BCUT2D eigenvalue weighted by atomic mass is 127. The highest BCUT2D eigenvalue weighted by molar-refractivity contribution is 14.1. The monoisotopic (exact) mass is 391 g/mol. The zero-order valence-corrected chi connectivity index (χ0v) is 16.4. The fourth-order valence-corrected chi connectivity index (χ4v) is 4.24. The summed E-state index contributed by atoms with van der Waals surface area (Å²) in [7, 11) is -1.97. The Morgan fingerprint density at radius 3 is 2.32 bits per heavy atom. The summed E-state index contributed by atoms with van der Waals surface area (Å²) in [4.78, 5) is 0. The molecule has 0 aromatic heterocycles. The Hall–Kier alpha value is 0.137. The Balaban J connectivity index is 3.26. The van der Waals surface area contributed by atoms with E-state index in [1.165, 1.54) is 3.58 Å². The van der Waals surface area contributed by atoms with E-state index in [1.807, 2.05) is 0 Å². The minimum Gasteiger partial charge on any atom is -0.396 e. The van der Waals surface area contributed by atoms with Crippen LogP contribution in [-0.4, -0.2) is 13.9 Å². The SMILES string of the molecule is CC1(C)CCC(I)=CC1(C#N)O[Si](C)(C)C(C)(C)C. The van der Waals surface area contributed by atoms with Crippen molar-refractivity contribution in [1.29, 1.82) is 5.26 Å². The smallest absolute Gasteiger partial charge is 0.194 e. The molecule has 1 aliphatic carbocycles. The van der Waals surface area contributed by atoms with E-state index in [1.54, 1.807) is 0 Å². The van der Waals surface area contributed by atoms with Gasteiger partial charge in [-0.05, 0) is 63.2 Å². The van der Waals surface area contributed by atoms with Crippen molar-refractivity contribution in [2.24, 2.45) is 5.41 Å². The standard InChI is InChI=1S/C15H26INOSi/c1-13(2,3)19(6,7)18-15(11-17)10-12(16)8-9-14(15,4)5/h10H,8-9H2,1-7H3. The lowest BCUT2D eigenvalue weighted by Crippen LogP contribution is -2.55. The molecule has 0 bridgehead atoms. The largest absolute Gasteiger partial charge is 0.396 e. The van der Waals surface area contributed by atoms with E-state index in [2.05, 4.69) is 82.4 Å². The molecule has 0 heterocycles. The zero-order valence-electron chi connectivity index (χ0n) is 13.2.